The van der Waals surface area contributed by atoms with E-state index in [0.717, 1.165) is 6.07 Å². The van der Waals surface area contributed by atoms with Crippen molar-refractivity contribution in [2.45, 2.75) is 25.0 Å². The van der Waals surface area contributed by atoms with Crippen LogP contribution in [0.25, 0.3) is 11.0 Å². The first-order valence-electron chi connectivity index (χ1n) is 10.7. The lowest BCUT2D eigenvalue weighted by Crippen LogP contribution is -2.39. The summed E-state index contributed by atoms with van der Waals surface area (Å²) in [4.78, 5) is 35.1. The number of carbonyl (C=O) groups excluding carboxylic acids is 1. The van der Waals surface area contributed by atoms with Crippen molar-refractivity contribution in [3.63, 3.8) is 0 Å². The number of aromatic nitrogens is 2. The third-order valence-corrected chi connectivity index (χ3v) is 5.97. The van der Waals surface area contributed by atoms with Crippen LogP contribution in [0.2, 0.25) is 0 Å². The first kappa shape index (κ1) is 22.6. The average Bonchev–Trinajstić information content (AvgIpc) is 3.20. The molecule has 1 aromatic heterocycles. The van der Waals surface area contributed by atoms with E-state index in [0.29, 0.717) is 48.2 Å². The predicted octanol–water partition coefficient (Wildman–Crippen LogP) is 1.74. The number of β-amino-alcohol motifs (C(OH)–C–C–N with tert-alkyl or cyclic N) is 1. The largest absolute Gasteiger partial charge is 0.392 e. The number of hydrogen-bond acceptors (Lipinski definition) is 6. The first-order valence-corrected chi connectivity index (χ1v) is 10.7. The fourth-order valence-electron chi connectivity index (χ4n) is 4.22. The number of benzene rings is 2. The Morgan fingerprint density at radius 2 is 2.21 bits per heavy atom. The molecule has 8 nitrogen and oxygen atoms in total. The maximum atomic E-state index is 14.2. The van der Waals surface area contributed by atoms with Crippen LogP contribution in [0.5, 0.6) is 0 Å². The summed E-state index contributed by atoms with van der Waals surface area (Å²) >= 11 is 0. The molecule has 2 heterocycles. The second-order valence-electron chi connectivity index (χ2n) is 8.38. The third-order valence-electron chi connectivity index (χ3n) is 5.97. The molecule has 2 N–H and O–H groups in total. The number of aliphatic hydroxyl groups excluding tert-OH is 1. The Hall–Kier alpha value is -3.61. The zero-order valence-corrected chi connectivity index (χ0v) is 18.2. The van der Waals surface area contributed by atoms with Gasteiger partial charge in [-0.3, -0.25) is 14.5 Å². The zero-order chi connectivity index (χ0) is 23.5. The molecule has 0 aliphatic carbocycles. The minimum atomic E-state index is -0.540. The van der Waals surface area contributed by atoms with E-state index >= 15 is 0 Å². The van der Waals surface area contributed by atoms with E-state index in [1.807, 2.05) is 11.0 Å². The van der Waals surface area contributed by atoms with Crippen molar-refractivity contribution in [2.24, 2.45) is 0 Å². The lowest BCUT2D eigenvalue weighted by Gasteiger charge is -2.32. The maximum Gasteiger partial charge on any atom is 0.266 e. The molecule has 2 atom stereocenters. The first-order chi connectivity index (χ1) is 15.8. The molecule has 1 amide bonds. The highest BCUT2D eigenvalue weighted by atomic mass is 19.1. The number of fused-ring (bicyclic) bond motifs is 1. The quantitative estimate of drug-likeness (QED) is 0.593. The number of rotatable bonds is 6. The number of amides is 1. The Labute approximate surface area is 189 Å². The van der Waals surface area contributed by atoms with Crippen molar-refractivity contribution >= 4 is 16.9 Å². The summed E-state index contributed by atoms with van der Waals surface area (Å²) in [5.74, 6) is -0.740. The number of halogens is 1. The summed E-state index contributed by atoms with van der Waals surface area (Å²) in [7, 11) is 1.65. The molecule has 2 aromatic carbocycles. The fourth-order valence-corrected chi connectivity index (χ4v) is 4.22. The van der Waals surface area contributed by atoms with Gasteiger partial charge in [0.25, 0.3) is 5.56 Å². The van der Waals surface area contributed by atoms with Gasteiger partial charge in [-0.2, -0.15) is 5.26 Å². The summed E-state index contributed by atoms with van der Waals surface area (Å²) < 4.78 is 14.2. The van der Waals surface area contributed by atoms with Crippen LogP contribution in [0.15, 0.2) is 47.4 Å². The van der Waals surface area contributed by atoms with Gasteiger partial charge in [0.15, 0.2) is 0 Å². The normalized spacial score (nSPS) is 17.1. The molecular formula is C24H24FN5O3. The van der Waals surface area contributed by atoms with Gasteiger partial charge in [0.2, 0.25) is 5.91 Å². The fraction of sp³-hybridized carbons (Fsp3) is 0.333. The van der Waals surface area contributed by atoms with Gasteiger partial charge < -0.3 is 15.0 Å². The molecule has 0 unspecified atom stereocenters. The number of carbonyl (C=O) groups is 1. The molecule has 1 aliphatic heterocycles. The molecule has 4 rings (SSSR count). The predicted molar refractivity (Wildman–Crippen MR) is 120 cm³/mol. The van der Waals surface area contributed by atoms with Crippen LogP contribution in [0.3, 0.4) is 0 Å². The Balaban J connectivity index is 1.60. The second kappa shape index (κ2) is 9.48. The summed E-state index contributed by atoms with van der Waals surface area (Å²) in [6.07, 6.45) is 1.49. The average molecular weight is 449 g/mol. The van der Waals surface area contributed by atoms with Gasteiger partial charge in [-0.1, -0.05) is 6.07 Å². The number of nitriles is 1. The van der Waals surface area contributed by atoms with Crippen molar-refractivity contribution in [1.29, 1.82) is 5.26 Å². The van der Waals surface area contributed by atoms with E-state index in [2.05, 4.69) is 9.97 Å². The van der Waals surface area contributed by atoms with Gasteiger partial charge in [0.05, 0.1) is 47.4 Å². The Bertz CT molecular complexity index is 1290. The van der Waals surface area contributed by atoms with E-state index in [4.69, 9.17) is 0 Å². The molecular weight excluding hydrogens is 425 g/mol. The molecule has 0 saturated carbocycles. The number of aromatic amines is 1. The van der Waals surface area contributed by atoms with Crippen molar-refractivity contribution < 1.29 is 14.3 Å². The van der Waals surface area contributed by atoms with Crippen molar-refractivity contribution in [1.82, 2.24) is 19.8 Å². The smallest absolute Gasteiger partial charge is 0.266 e. The van der Waals surface area contributed by atoms with Crippen LogP contribution in [0.1, 0.15) is 29.2 Å². The molecule has 0 spiro atoms. The highest BCUT2D eigenvalue weighted by Crippen LogP contribution is 2.26. The van der Waals surface area contributed by atoms with Crippen LogP contribution in [0, 0.1) is 17.1 Å². The molecule has 0 bridgehead atoms. The van der Waals surface area contributed by atoms with Crippen LogP contribution in [-0.4, -0.2) is 63.6 Å². The van der Waals surface area contributed by atoms with E-state index in [1.165, 1.54) is 12.3 Å². The molecule has 3 aromatic rings. The minimum Gasteiger partial charge on any atom is -0.392 e. The monoisotopic (exact) mass is 449 g/mol. The lowest BCUT2D eigenvalue weighted by atomic mass is 10.0. The van der Waals surface area contributed by atoms with Gasteiger partial charge in [0.1, 0.15) is 5.82 Å². The Morgan fingerprint density at radius 3 is 2.94 bits per heavy atom. The molecule has 0 radical (unpaired) electrons. The maximum absolute atomic E-state index is 14.2. The van der Waals surface area contributed by atoms with E-state index in [1.54, 1.807) is 36.2 Å². The number of aliphatic hydroxyl groups is 1. The van der Waals surface area contributed by atoms with Crippen LogP contribution in [0.4, 0.5) is 4.39 Å². The van der Waals surface area contributed by atoms with Crippen molar-refractivity contribution in [2.75, 3.05) is 26.7 Å². The lowest BCUT2D eigenvalue weighted by molar-refractivity contribution is -0.131. The highest BCUT2D eigenvalue weighted by molar-refractivity contribution is 5.81. The standard InChI is InChI=1S/C24H24FN5O3/c1-29(24(33)9-15-2-3-20-21(8-15)28-23(32)12-27-20)22(14-30-5-4-19(31)13-30)17-6-16(11-26)7-18(25)10-17/h2-3,6-8,10,12,19,22,31H,4-5,9,13-14H2,1H3,(H,28,32)/t19-,22+/m0/s1. The zero-order valence-electron chi connectivity index (χ0n) is 18.2. The van der Waals surface area contributed by atoms with Gasteiger partial charge in [-0.15, -0.1) is 0 Å². The van der Waals surface area contributed by atoms with Gasteiger partial charge >= 0.3 is 0 Å². The van der Waals surface area contributed by atoms with E-state index in [9.17, 15) is 24.3 Å². The number of hydrogen-bond donors (Lipinski definition) is 2. The molecule has 33 heavy (non-hydrogen) atoms. The Kier molecular flexibility index (Phi) is 6.49. The number of H-pyrrole nitrogens is 1. The highest BCUT2D eigenvalue weighted by Gasteiger charge is 2.28. The Morgan fingerprint density at radius 1 is 1.39 bits per heavy atom. The SMILES string of the molecule is CN(C(=O)Cc1ccc2ncc(=O)[nH]c2c1)[C@H](CN1CC[C@H](O)C1)c1cc(F)cc(C#N)c1. The molecule has 9 heteroatoms. The molecule has 170 valence electrons. The summed E-state index contributed by atoms with van der Waals surface area (Å²) in [6.45, 7) is 1.55. The van der Waals surface area contributed by atoms with E-state index in [-0.39, 0.29) is 23.5 Å². The van der Waals surface area contributed by atoms with E-state index < -0.39 is 18.0 Å². The number of likely N-dealkylation sites (tertiary alicyclic amines) is 1. The summed E-state index contributed by atoms with van der Waals surface area (Å²) in [6, 6.07) is 10.8. The van der Waals surface area contributed by atoms with Gasteiger partial charge in [-0.25, -0.2) is 9.37 Å². The van der Waals surface area contributed by atoms with Crippen LogP contribution in [-0.2, 0) is 11.2 Å². The molecule has 1 saturated heterocycles. The third kappa shape index (κ3) is 5.25. The second-order valence-corrected chi connectivity index (χ2v) is 8.38. The van der Waals surface area contributed by atoms with Crippen LogP contribution >= 0.6 is 0 Å². The number of likely N-dealkylation sites (N-methyl/N-ethyl adjacent to an activating group) is 1. The van der Waals surface area contributed by atoms with Gasteiger partial charge in [0, 0.05) is 26.7 Å². The van der Waals surface area contributed by atoms with Crippen LogP contribution < -0.4 is 5.56 Å². The summed E-state index contributed by atoms with van der Waals surface area (Å²) in [5, 5.41) is 19.2. The molecule has 1 fully saturated rings. The number of nitrogens with zero attached hydrogens (tertiary/aromatic N) is 4. The minimum absolute atomic E-state index is 0.0723. The van der Waals surface area contributed by atoms with Crippen molar-refractivity contribution in [3.8, 4) is 6.07 Å². The summed E-state index contributed by atoms with van der Waals surface area (Å²) in [5.41, 5.74) is 2.25. The molecule has 1 aliphatic rings. The van der Waals surface area contributed by atoms with Gasteiger partial charge in [-0.05, 0) is 47.9 Å². The van der Waals surface area contributed by atoms with Crippen molar-refractivity contribution in [3.05, 3.63) is 75.5 Å². The topological polar surface area (TPSA) is 113 Å². The number of nitrogens with one attached hydrogen (secondary N) is 1.